The van der Waals surface area contributed by atoms with E-state index in [0.29, 0.717) is 11.7 Å². The third kappa shape index (κ3) is 1.67. The molecule has 0 radical (unpaired) electrons. The van der Waals surface area contributed by atoms with Crippen molar-refractivity contribution in [3.05, 3.63) is 5.82 Å². The van der Waals surface area contributed by atoms with Gasteiger partial charge < -0.3 is 0 Å². The van der Waals surface area contributed by atoms with Crippen molar-refractivity contribution in [1.29, 1.82) is 0 Å². The lowest BCUT2D eigenvalue weighted by Gasteiger charge is -1.89. The molecule has 0 bridgehead atoms. The highest BCUT2D eigenvalue weighted by Crippen LogP contribution is 1.92. The number of hydrogen-bond donors (Lipinski definition) is 0. The second kappa shape index (κ2) is 3.51. The summed E-state index contributed by atoms with van der Waals surface area (Å²) in [7, 11) is 0. The van der Waals surface area contributed by atoms with E-state index >= 15 is 0 Å². The fourth-order valence-corrected chi connectivity index (χ4v) is 0.732. The molecule has 56 valence electrons. The van der Waals surface area contributed by atoms with Gasteiger partial charge in [-0.3, -0.25) is 0 Å². The first-order chi connectivity index (χ1) is 4.86. The van der Waals surface area contributed by atoms with Crippen LogP contribution in [-0.2, 0) is 12.4 Å². The predicted molar refractivity (Wildman–Crippen MR) is 37.7 cm³/mol. The maximum Gasteiger partial charge on any atom is 0.189 e. The maximum absolute atomic E-state index is 5.46. The van der Waals surface area contributed by atoms with Crippen LogP contribution < -0.4 is 0 Å². The lowest BCUT2D eigenvalue weighted by molar-refractivity contribution is 0.513. The van der Waals surface area contributed by atoms with E-state index < -0.39 is 0 Å². The number of nitrogens with zero attached hydrogens (tertiary/aromatic N) is 4. The second-order valence-electron chi connectivity index (χ2n) is 1.94. The summed E-state index contributed by atoms with van der Waals surface area (Å²) in [5.41, 5.74) is 0. The Hall–Kier alpha value is -0.640. The summed E-state index contributed by atoms with van der Waals surface area (Å²) in [6.45, 7) is 2.87. The fourth-order valence-electron chi connectivity index (χ4n) is 0.625. The van der Waals surface area contributed by atoms with Gasteiger partial charge in [0.1, 0.15) is 0 Å². The Morgan fingerprint density at radius 1 is 1.60 bits per heavy atom. The van der Waals surface area contributed by atoms with Crippen molar-refractivity contribution < 1.29 is 0 Å². The lowest BCUT2D eigenvalue weighted by Crippen LogP contribution is -2.01. The van der Waals surface area contributed by atoms with Crippen molar-refractivity contribution in [2.24, 2.45) is 0 Å². The molecule has 1 aromatic rings. The molecule has 0 aromatic carbocycles. The van der Waals surface area contributed by atoms with Crippen molar-refractivity contribution in [2.45, 2.75) is 25.8 Å². The molecule has 0 aliphatic heterocycles. The standard InChI is InChI=1S/C5H9ClN4/c1-2-3-10-8-5(4-6)7-9-10/h2-4H2,1H3. The van der Waals surface area contributed by atoms with Crippen molar-refractivity contribution in [1.82, 2.24) is 20.2 Å². The van der Waals surface area contributed by atoms with Gasteiger partial charge in [-0.25, -0.2) is 0 Å². The SMILES string of the molecule is CCCn1nnc(CCl)n1. The second-order valence-corrected chi connectivity index (χ2v) is 2.20. The van der Waals surface area contributed by atoms with Gasteiger partial charge in [0.05, 0.1) is 12.4 Å². The van der Waals surface area contributed by atoms with E-state index in [1.54, 1.807) is 4.80 Å². The first-order valence-corrected chi connectivity index (χ1v) is 3.73. The Morgan fingerprint density at radius 2 is 2.40 bits per heavy atom. The van der Waals surface area contributed by atoms with E-state index in [1.165, 1.54) is 0 Å². The van der Waals surface area contributed by atoms with Crippen LogP contribution in [-0.4, -0.2) is 20.2 Å². The van der Waals surface area contributed by atoms with Crippen LogP contribution in [0.2, 0.25) is 0 Å². The zero-order valence-corrected chi connectivity index (χ0v) is 6.54. The van der Waals surface area contributed by atoms with Gasteiger partial charge in [0.15, 0.2) is 5.82 Å². The van der Waals surface area contributed by atoms with Gasteiger partial charge in [-0.2, -0.15) is 4.80 Å². The van der Waals surface area contributed by atoms with Gasteiger partial charge in [0.2, 0.25) is 0 Å². The minimum absolute atomic E-state index is 0.337. The quantitative estimate of drug-likeness (QED) is 0.615. The largest absolute Gasteiger partial charge is 0.189 e. The lowest BCUT2D eigenvalue weighted by atomic mass is 10.5. The number of tetrazole rings is 1. The zero-order valence-electron chi connectivity index (χ0n) is 5.79. The molecular weight excluding hydrogens is 152 g/mol. The fraction of sp³-hybridized carbons (Fsp3) is 0.800. The average molecular weight is 161 g/mol. The summed E-state index contributed by atoms with van der Waals surface area (Å²) >= 11 is 5.46. The van der Waals surface area contributed by atoms with Crippen LogP contribution in [0.1, 0.15) is 19.2 Å². The normalized spacial score (nSPS) is 10.2. The Kier molecular flexibility index (Phi) is 2.62. The molecule has 1 rings (SSSR count). The Balaban J connectivity index is 2.59. The molecule has 0 aliphatic carbocycles. The van der Waals surface area contributed by atoms with Gasteiger partial charge in [-0.1, -0.05) is 6.92 Å². The molecule has 0 amide bonds. The minimum Gasteiger partial charge on any atom is -0.164 e. The highest BCUT2D eigenvalue weighted by Gasteiger charge is 1.97. The average Bonchev–Trinajstić information content (AvgIpc) is 2.37. The van der Waals surface area contributed by atoms with Gasteiger partial charge in [0.25, 0.3) is 0 Å². The van der Waals surface area contributed by atoms with E-state index in [9.17, 15) is 0 Å². The number of hydrogen-bond acceptors (Lipinski definition) is 3. The van der Waals surface area contributed by atoms with Gasteiger partial charge in [-0.15, -0.1) is 21.8 Å². The van der Waals surface area contributed by atoms with Crippen molar-refractivity contribution in [2.75, 3.05) is 0 Å². The molecular formula is C5H9ClN4. The van der Waals surface area contributed by atoms with Crippen LogP contribution in [0.15, 0.2) is 0 Å². The number of aromatic nitrogens is 4. The Bertz CT molecular complexity index is 197. The van der Waals surface area contributed by atoms with E-state index in [1.807, 2.05) is 0 Å². The molecule has 0 saturated heterocycles. The van der Waals surface area contributed by atoms with Crippen LogP contribution in [0.25, 0.3) is 0 Å². The van der Waals surface area contributed by atoms with Crippen molar-refractivity contribution in [3.8, 4) is 0 Å². The van der Waals surface area contributed by atoms with Crippen LogP contribution in [0.5, 0.6) is 0 Å². The van der Waals surface area contributed by atoms with Crippen LogP contribution in [0.4, 0.5) is 0 Å². The molecule has 1 heterocycles. The summed E-state index contributed by atoms with van der Waals surface area (Å²) in [6, 6.07) is 0. The molecule has 0 atom stereocenters. The van der Waals surface area contributed by atoms with Crippen LogP contribution in [0.3, 0.4) is 0 Å². The molecule has 4 nitrogen and oxygen atoms in total. The first-order valence-electron chi connectivity index (χ1n) is 3.19. The van der Waals surface area contributed by atoms with E-state index in [2.05, 4.69) is 22.3 Å². The molecule has 0 N–H and O–H groups in total. The van der Waals surface area contributed by atoms with E-state index in [0.717, 1.165) is 13.0 Å². The minimum atomic E-state index is 0.337. The Morgan fingerprint density at radius 3 is 2.90 bits per heavy atom. The summed E-state index contributed by atoms with van der Waals surface area (Å²) in [5, 5.41) is 11.5. The third-order valence-electron chi connectivity index (χ3n) is 1.04. The van der Waals surface area contributed by atoms with E-state index in [-0.39, 0.29) is 0 Å². The Labute approximate surface area is 64.2 Å². The van der Waals surface area contributed by atoms with Crippen LogP contribution >= 0.6 is 11.6 Å². The summed E-state index contributed by atoms with van der Waals surface area (Å²) in [4.78, 5) is 1.55. The number of aryl methyl sites for hydroxylation is 1. The molecule has 0 aliphatic rings. The topological polar surface area (TPSA) is 43.6 Å². The smallest absolute Gasteiger partial charge is 0.164 e. The molecule has 10 heavy (non-hydrogen) atoms. The highest BCUT2D eigenvalue weighted by atomic mass is 35.5. The van der Waals surface area contributed by atoms with Gasteiger partial charge in [0, 0.05) is 0 Å². The molecule has 1 aromatic heterocycles. The molecule has 0 saturated carbocycles. The molecule has 0 unspecified atom stereocenters. The first kappa shape index (κ1) is 7.47. The van der Waals surface area contributed by atoms with Gasteiger partial charge in [-0.05, 0) is 11.6 Å². The molecule has 0 fully saturated rings. The highest BCUT2D eigenvalue weighted by molar-refractivity contribution is 6.16. The zero-order chi connectivity index (χ0) is 7.40. The number of halogens is 1. The van der Waals surface area contributed by atoms with Crippen LogP contribution in [0, 0.1) is 0 Å². The maximum atomic E-state index is 5.46. The third-order valence-corrected chi connectivity index (χ3v) is 1.28. The molecule has 5 heteroatoms. The number of alkyl halides is 1. The van der Waals surface area contributed by atoms with Crippen molar-refractivity contribution in [3.63, 3.8) is 0 Å². The monoisotopic (exact) mass is 160 g/mol. The summed E-state index contributed by atoms with van der Waals surface area (Å²) in [6.07, 6.45) is 1.01. The molecule has 0 spiro atoms. The van der Waals surface area contributed by atoms with E-state index in [4.69, 9.17) is 11.6 Å². The van der Waals surface area contributed by atoms with Gasteiger partial charge >= 0.3 is 0 Å². The number of rotatable bonds is 3. The summed E-state index contributed by atoms with van der Waals surface area (Å²) in [5.74, 6) is 0.930. The van der Waals surface area contributed by atoms with Crippen molar-refractivity contribution >= 4 is 11.6 Å². The predicted octanol–water partition coefficient (Wildman–Crippen LogP) is 0.822. The summed E-state index contributed by atoms with van der Waals surface area (Å²) < 4.78 is 0.